The molecular weight excluding hydrogens is 210 g/mol. The van der Waals surface area contributed by atoms with Gasteiger partial charge in [0.2, 0.25) is 0 Å². The zero-order chi connectivity index (χ0) is 12.8. The molecule has 0 amide bonds. The van der Waals surface area contributed by atoms with Crippen LogP contribution in [0.4, 0.5) is 0 Å². The molecule has 0 bridgehead atoms. The van der Waals surface area contributed by atoms with Crippen LogP contribution in [0.15, 0.2) is 0 Å². The Bertz CT molecular complexity index is 139. The highest BCUT2D eigenvalue weighted by Crippen LogP contribution is 2.11. The molecule has 0 heterocycles. The summed E-state index contributed by atoms with van der Waals surface area (Å²) in [7, 11) is 0. The predicted octanol–water partition coefficient (Wildman–Crippen LogP) is 3.88. The highest BCUT2D eigenvalue weighted by atomic mass is 16.3. The summed E-state index contributed by atoms with van der Waals surface area (Å²) in [4.78, 5) is 0. The van der Waals surface area contributed by atoms with E-state index in [0.717, 1.165) is 13.0 Å². The van der Waals surface area contributed by atoms with Gasteiger partial charge < -0.3 is 10.4 Å². The topological polar surface area (TPSA) is 32.3 Å². The van der Waals surface area contributed by atoms with E-state index in [1.165, 1.54) is 57.8 Å². The number of nitrogens with one attached hydrogen (secondary N) is 1. The van der Waals surface area contributed by atoms with Gasteiger partial charge in [-0.3, -0.25) is 0 Å². The van der Waals surface area contributed by atoms with Crippen molar-refractivity contribution < 1.29 is 5.11 Å². The van der Waals surface area contributed by atoms with Gasteiger partial charge in [0, 0.05) is 6.04 Å². The SMILES string of the molecule is CCCCCCCCCCCC(CO)NCC. The summed E-state index contributed by atoms with van der Waals surface area (Å²) in [5.74, 6) is 0. The summed E-state index contributed by atoms with van der Waals surface area (Å²) in [6.07, 6.45) is 13.5. The molecule has 1 atom stereocenters. The molecule has 0 aromatic rings. The van der Waals surface area contributed by atoms with Crippen molar-refractivity contribution in [2.45, 2.75) is 84.1 Å². The van der Waals surface area contributed by atoms with Gasteiger partial charge in [0.15, 0.2) is 0 Å². The highest BCUT2D eigenvalue weighted by Gasteiger charge is 2.03. The minimum Gasteiger partial charge on any atom is -0.395 e. The minimum atomic E-state index is 0.283. The summed E-state index contributed by atoms with van der Waals surface area (Å²) in [6, 6.07) is 0.324. The monoisotopic (exact) mass is 243 g/mol. The number of unbranched alkanes of at least 4 members (excludes halogenated alkanes) is 8. The smallest absolute Gasteiger partial charge is 0.0584 e. The normalized spacial score (nSPS) is 12.9. The summed E-state index contributed by atoms with van der Waals surface area (Å²) in [5.41, 5.74) is 0. The second-order valence-electron chi connectivity index (χ2n) is 5.05. The molecule has 0 aromatic heterocycles. The molecule has 0 spiro atoms. The molecular formula is C15H33NO. The Balaban J connectivity index is 3.11. The molecule has 0 saturated carbocycles. The fourth-order valence-electron chi connectivity index (χ4n) is 2.25. The fraction of sp³-hybridized carbons (Fsp3) is 1.00. The Morgan fingerprint density at radius 3 is 1.82 bits per heavy atom. The number of hydrogen-bond donors (Lipinski definition) is 2. The van der Waals surface area contributed by atoms with Crippen molar-refractivity contribution in [1.29, 1.82) is 0 Å². The van der Waals surface area contributed by atoms with E-state index in [-0.39, 0.29) is 6.61 Å². The number of likely N-dealkylation sites (N-methyl/N-ethyl adjacent to an activating group) is 1. The Morgan fingerprint density at radius 2 is 1.35 bits per heavy atom. The largest absolute Gasteiger partial charge is 0.395 e. The van der Waals surface area contributed by atoms with E-state index in [2.05, 4.69) is 19.2 Å². The lowest BCUT2D eigenvalue weighted by Crippen LogP contribution is -2.32. The molecule has 0 rings (SSSR count). The molecule has 0 aliphatic heterocycles. The second kappa shape index (κ2) is 14.0. The first-order valence-corrected chi connectivity index (χ1v) is 7.69. The molecule has 0 aromatic carbocycles. The van der Waals surface area contributed by atoms with Crippen molar-refractivity contribution in [3.63, 3.8) is 0 Å². The summed E-state index contributed by atoms with van der Waals surface area (Å²) in [5, 5.41) is 12.4. The highest BCUT2D eigenvalue weighted by molar-refractivity contribution is 4.63. The zero-order valence-corrected chi connectivity index (χ0v) is 12.0. The Morgan fingerprint density at radius 1 is 0.824 bits per heavy atom. The standard InChI is InChI=1S/C15H33NO/c1-3-5-6-7-8-9-10-11-12-13-15(14-17)16-4-2/h15-17H,3-14H2,1-2H3. The molecule has 2 heteroatoms. The van der Waals surface area contributed by atoms with Gasteiger partial charge in [-0.15, -0.1) is 0 Å². The fourth-order valence-corrected chi connectivity index (χ4v) is 2.25. The van der Waals surface area contributed by atoms with Crippen LogP contribution in [0.25, 0.3) is 0 Å². The van der Waals surface area contributed by atoms with E-state index in [0.29, 0.717) is 6.04 Å². The first-order chi connectivity index (χ1) is 8.35. The number of hydrogen-bond acceptors (Lipinski definition) is 2. The van der Waals surface area contributed by atoms with Crippen LogP contribution in [0.3, 0.4) is 0 Å². The zero-order valence-electron chi connectivity index (χ0n) is 12.0. The maximum Gasteiger partial charge on any atom is 0.0584 e. The van der Waals surface area contributed by atoms with Crippen molar-refractivity contribution in [3.05, 3.63) is 0 Å². The van der Waals surface area contributed by atoms with Gasteiger partial charge in [-0.2, -0.15) is 0 Å². The lowest BCUT2D eigenvalue weighted by atomic mass is 10.0. The van der Waals surface area contributed by atoms with Crippen molar-refractivity contribution >= 4 is 0 Å². The predicted molar refractivity (Wildman–Crippen MR) is 76.4 cm³/mol. The number of rotatable bonds is 13. The van der Waals surface area contributed by atoms with Crippen molar-refractivity contribution in [3.8, 4) is 0 Å². The van der Waals surface area contributed by atoms with Crippen LogP contribution in [0.5, 0.6) is 0 Å². The average Bonchev–Trinajstić information content (AvgIpc) is 2.35. The first kappa shape index (κ1) is 16.9. The van der Waals surface area contributed by atoms with Crippen molar-refractivity contribution in [2.24, 2.45) is 0 Å². The maximum absolute atomic E-state index is 9.12. The van der Waals surface area contributed by atoms with Crippen LogP contribution in [-0.4, -0.2) is 24.3 Å². The van der Waals surface area contributed by atoms with Gasteiger partial charge >= 0.3 is 0 Å². The molecule has 104 valence electrons. The van der Waals surface area contributed by atoms with E-state index in [4.69, 9.17) is 5.11 Å². The van der Waals surface area contributed by atoms with Gasteiger partial charge in [-0.25, -0.2) is 0 Å². The third-order valence-electron chi connectivity index (χ3n) is 3.37. The third kappa shape index (κ3) is 12.2. The van der Waals surface area contributed by atoms with E-state index >= 15 is 0 Å². The molecule has 0 saturated heterocycles. The number of aliphatic hydroxyl groups excluding tert-OH is 1. The lowest BCUT2D eigenvalue weighted by Gasteiger charge is -2.14. The van der Waals surface area contributed by atoms with Gasteiger partial charge in [-0.05, 0) is 13.0 Å². The van der Waals surface area contributed by atoms with E-state index in [1.807, 2.05) is 0 Å². The van der Waals surface area contributed by atoms with Crippen molar-refractivity contribution in [1.82, 2.24) is 5.32 Å². The van der Waals surface area contributed by atoms with Crippen molar-refractivity contribution in [2.75, 3.05) is 13.2 Å². The van der Waals surface area contributed by atoms with Crippen LogP contribution in [0.1, 0.15) is 78.1 Å². The summed E-state index contributed by atoms with van der Waals surface area (Å²) >= 11 is 0. The summed E-state index contributed by atoms with van der Waals surface area (Å²) in [6.45, 7) is 5.61. The lowest BCUT2D eigenvalue weighted by molar-refractivity contribution is 0.234. The molecule has 0 radical (unpaired) electrons. The molecule has 1 unspecified atom stereocenters. The molecule has 0 aliphatic carbocycles. The van der Waals surface area contributed by atoms with Gasteiger partial charge in [0.05, 0.1) is 6.61 Å². The van der Waals surface area contributed by atoms with Gasteiger partial charge in [-0.1, -0.05) is 71.6 Å². The van der Waals surface area contributed by atoms with Crippen LogP contribution in [0.2, 0.25) is 0 Å². The first-order valence-electron chi connectivity index (χ1n) is 7.69. The quantitative estimate of drug-likeness (QED) is 0.481. The molecule has 0 fully saturated rings. The Labute approximate surface area is 108 Å². The minimum absolute atomic E-state index is 0.283. The average molecular weight is 243 g/mol. The molecule has 17 heavy (non-hydrogen) atoms. The molecule has 0 aliphatic rings. The summed E-state index contributed by atoms with van der Waals surface area (Å²) < 4.78 is 0. The second-order valence-corrected chi connectivity index (χ2v) is 5.05. The molecule has 2 nitrogen and oxygen atoms in total. The van der Waals surface area contributed by atoms with E-state index < -0.39 is 0 Å². The number of aliphatic hydroxyl groups is 1. The van der Waals surface area contributed by atoms with Crippen LogP contribution in [-0.2, 0) is 0 Å². The van der Waals surface area contributed by atoms with Crippen LogP contribution < -0.4 is 5.32 Å². The van der Waals surface area contributed by atoms with E-state index in [1.54, 1.807) is 0 Å². The third-order valence-corrected chi connectivity index (χ3v) is 3.37. The Hall–Kier alpha value is -0.0800. The molecule has 2 N–H and O–H groups in total. The van der Waals surface area contributed by atoms with Crippen LogP contribution >= 0.6 is 0 Å². The van der Waals surface area contributed by atoms with Gasteiger partial charge in [0.25, 0.3) is 0 Å². The van der Waals surface area contributed by atoms with Gasteiger partial charge in [0.1, 0.15) is 0 Å². The Kier molecular flexibility index (Phi) is 13.9. The van der Waals surface area contributed by atoms with Crippen LogP contribution in [0, 0.1) is 0 Å². The maximum atomic E-state index is 9.12. The van der Waals surface area contributed by atoms with E-state index in [9.17, 15) is 0 Å².